The highest BCUT2D eigenvalue weighted by atomic mass is 35.5. The van der Waals surface area contributed by atoms with Crippen LogP contribution in [0.1, 0.15) is 18.4 Å². The Morgan fingerprint density at radius 2 is 1.96 bits per heavy atom. The number of carbonyl (C=O) groups is 1. The van der Waals surface area contributed by atoms with Gasteiger partial charge in [-0.05, 0) is 18.4 Å². The van der Waals surface area contributed by atoms with Crippen molar-refractivity contribution in [1.82, 2.24) is 15.1 Å². The Morgan fingerprint density at radius 1 is 1.26 bits per heavy atom. The molecule has 1 N–H and O–H groups in total. The Bertz CT molecular complexity index is 786. The van der Waals surface area contributed by atoms with Gasteiger partial charge in [-0.3, -0.25) is 9.59 Å². The first-order chi connectivity index (χ1) is 11.0. The van der Waals surface area contributed by atoms with Gasteiger partial charge in [0.15, 0.2) is 0 Å². The van der Waals surface area contributed by atoms with Gasteiger partial charge in [0.2, 0.25) is 5.91 Å². The lowest BCUT2D eigenvalue weighted by molar-refractivity contribution is -0.122. The van der Waals surface area contributed by atoms with Gasteiger partial charge in [-0.25, -0.2) is 4.68 Å². The average Bonchev–Trinajstić information content (AvgIpc) is 3.36. The van der Waals surface area contributed by atoms with Crippen LogP contribution in [0.5, 0.6) is 0 Å². The van der Waals surface area contributed by atoms with Crippen LogP contribution in [0.4, 0.5) is 0 Å². The average molecular weight is 352 g/mol. The molecule has 0 atom stereocenters. The molecule has 1 saturated carbocycles. The van der Waals surface area contributed by atoms with E-state index in [4.69, 9.17) is 23.2 Å². The van der Waals surface area contributed by atoms with E-state index in [1.54, 1.807) is 0 Å². The van der Waals surface area contributed by atoms with E-state index in [-0.39, 0.29) is 27.9 Å². The molecule has 1 heterocycles. The second kappa shape index (κ2) is 6.34. The lowest BCUT2D eigenvalue weighted by Crippen LogP contribution is -2.37. The zero-order valence-corrected chi connectivity index (χ0v) is 13.8. The molecule has 2 aromatic rings. The molecule has 1 aromatic heterocycles. The van der Waals surface area contributed by atoms with Gasteiger partial charge in [0.1, 0.15) is 11.6 Å². The predicted molar refractivity (Wildman–Crippen MR) is 88.9 cm³/mol. The van der Waals surface area contributed by atoms with E-state index in [1.165, 1.54) is 11.8 Å². The molecular formula is C16H15Cl2N3O2. The van der Waals surface area contributed by atoms with Crippen molar-refractivity contribution in [2.75, 3.05) is 6.54 Å². The molecule has 0 unspecified atom stereocenters. The first-order valence-electron chi connectivity index (χ1n) is 7.25. The first kappa shape index (κ1) is 16.0. The van der Waals surface area contributed by atoms with Crippen molar-refractivity contribution in [3.63, 3.8) is 0 Å². The fourth-order valence-corrected chi connectivity index (χ4v) is 2.80. The second-order valence-corrected chi connectivity index (χ2v) is 6.48. The molecular weight excluding hydrogens is 337 g/mol. The highest BCUT2D eigenvalue weighted by molar-refractivity contribution is 6.41. The number of aromatic nitrogens is 2. The van der Waals surface area contributed by atoms with E-state index >= 15 is 0 Å². The molecule has 120 valence electrons. The molecule has 1 aliphatic carbocycles. The predicted octanol–water partition coefficient (Wildman–Crippen LogP) is 2.40. The molecule has 0 aliphatic heterocycles. The van der Waals surface area contributed by atoms with Crippen LogP contribution in [0.25, 0.3) is 0 Å². The van der Waals surface area contributed by atoms with E-state index in [0.29, 0.717) is 6.54 Å². The SMILES string of the molecule is O=C(Cn1ncc(Cl)c(Cl)c1=O)NCC1(c2ccccc2)CC1. The Hall–Kier alpha value is -1.85. The van der Waals surface area contributed by atoms with Crippen LogP contribution in [-0.4, -0.2) is 22.2 Å². The van der Waals surface area contributed by atoms with Gasteiger partial charge in [-0.15, -0.1) is 0 Å². The van der Waals surface area contributed by atoms with Gasteiger partial charge in [0.25, 0.3) is 5.56 Å². The minimum absolute atomic E-state index is 0.0208. The van der Waals surface area contributed by atoms with Crippen LogP contribution in [0.2, 0.25) is 10.0 Å². The van der Waals surface area contributed by atoms with Crippen molar-refractivity contribution < 1.29 is 4.79 Å². The number of halogens is 2. The Kier molecular flexibility index (Phi) is 4.41. The number of hydrogen-bond donors (Lipinski definition) is 1. The quantitative estimate of drug-likeness (QED) is 0.899. The van der Waals surface area contributed by atoms with Crippen molar-refractivity contribution in [2.45, 2.75) is 24.8 Å². The zero-order valence-electron chi connectivity index (χ0n) is 12.3. The van der Waals surface area contributed by atoms with Gasteiger partial charge in [0, 0.05) is 12.0 Å². The topological polar surface area (TPSA) is 64.0 Å². The standard InChI is InChI=1S/C16H15Cl2N3O2/c17-12-8-20-21(15(23)14(12)18)9-13(22)19-10-16(6-7-16)11-4-2-1-3-5-11/h1-5,8H,6-7,9-10H2,(H,19,22). The fourth-order valence-electron chi connectivity index (χ4n) is 2.53. The third-order valence-electron chi connectivity index (χ3n) is 4.10. The summed E-state index contributed by atoms with van der Waals surface area (Å²) in [6.07, 6.45) is 3.34. The van der Waals surface area contributed by atoms with Gasteiger partial charge >= 0.3 is 0 Å². The number of carbonyl (C=O) groups excluding carboxylic acids is 1. The van der Waals surface area contributed by atoms with Crippen LogP contribution in [0, 0.1) is 0 Å². The Morgan fingerprint density at radius 3 is 2.61 bits per heavy atom. The van der Waals surface area contributed by atoms with E-state index in [2.05, 4.69) is 22.5 Å². The van der Waals surface area contributed by atoms with E-state index < -0.39 is 5.56 Å². The molecule has 23 heavy (non-hydrogen) atoms. The summed E-state index contributed by atoms with van der Waals surface area (Å²) in [4.78, 5) is 23.9. The summed E-state index contributed by atoms with van der Waals surface area (Å²) in [7, 11) is 0. The summed E-state index contributed by atoms with van der Waals surface area (Å²) < 4.78 is 1.01. The molecule has 0 bridgehead atoms. The number of benzene rings is 1. The third-order valence-corrected chi connectivity index (χ3v) is 4.85. The Balaban J connectivity index is 1.63. The van der Waals surface area contributed by atoms with Crippen molar-refractivity contribution in [3.8, 4) is 0 Å². The lowest BCUT2D eigenvalue weighted by Gasteiger charge is -2.16. The second-order valence-electron chi connectivity index (χ2n) is 5.69. The molecule has 0 saturated heterocycles. The summed E-state index contributed by atoms with van der Waals surface area (Å²) in [5, 5.41) is 6.65. The fraction of sp³-hybridized carbons (Fsp3) is 0.312. The summed E-state index contributed by atoms with van der Waals surface area (Å²) in [6.45, 7) is 0.368. The van der Waals surface area contributed by atoms with Gasteiger partial charge in [0.05, 0.1) is 11.2 Å². The van der Waals surface area contributed by atoms with Crippen molar-refractivity contribution in [2.24, 2.45) is 0 Å². The maximum absolute atomic E-state index is 12.1. The van der Waals surface area contributed by atoms with Gasteiger partial charge in [-0.1, -0.05) is 53.5 Å². The van der Waals surface area contributed by atoms with Gasteiger partial charge in [-0.2, -0.15) is 5.10 Å². The summed E-state index contributed by atoms with van der Waals surface area (Å²) in [5.41, 5.74) is 0.677. The number of amides is 1. The van der Waals surface area contributed by atoms with Crippen molar-refractivity contribution in [3.05, 3.63) is 62.5 Å². The van der Waals surface area contributed by atoms with Crippen molar-refractivity contribution in [1.29, 1.82) is 0 Å². The minimum Gasteiger partial charge on any atom is -0.354 e. The monoisotopic (exact) mass is 351 g/mol. The Labute approximate surface area is 143 Å². The minimum atomic E-state index is -0.571. The van der Waals surface area contributed by atoms with Gasteiger partial charge < -0.3 is 5.32 Å². The molecule has 7 heteroatoms. The maximum atomic E-state index is 12.1. The van der Waals surface area contributed by atoms with Crippen LogP contribution in [0.3, 0.4) is 0 Å². The largest absolute Gasteiger partial charge is 0.354 e. The van der Waals surface area contributed by atoms with Crippen LogP contribution in [-0.2, 0) is 16.8 Å². The number of nitrogens with one attached hydrogen (secondary N) is 1. The number of nitrogens with zero attached hydrogens (tertiary/aromatic N) is 2. The highest BCUT2D eigenvalue weighted by Crippen LogP contribution is 2.47. The van der Waals surface area contributed by atoms with Crippen LogP contribution >= 0.6 is 23.2 Å². The van der Waals surface area contributed by atoms with E-state index in [0.717, 1.165) is 17.5 Å². The van der Waals surface area contributed by atoms with Crippen LogP contribution < -0.4 is 10.9 Å². The van der Waals surface area contributed by atoms with E-state index in [9.17, 15) is 9.59 Å². The molecule has 5 nitrogen and oxygen atoms in total. The molecule has 1 fully saturated rings. The third kappa shape index (κ3) is 3.41. The normalized spacial score (nSPS) is 15.2. The number of rotatable bonds is 5. The molecule has 0 radical (unpaired) electrons. The summed E-state index contributed by atoms with van der Waals surface area (Å²) in [5.74, 6) is -0.278. The molecule has 3 rings (SSSR count). The highest BCUT2D eigenvalue weighted by Gasteiger charge is 2.44. The zero-order chi connectivity index (χ0) is 16.4. The molecule has 1 aromatic carbocycles. The van der Waals surface area contributed by atoms with Crippen molar-refractivity contribution >= 4 is 29.1 Å². The molecule has 1 amide bonds. The number of hydrogen-bond acceptors (Lipinski definition) is 3. The maximum Gasteiger partial charge on any atom is 0.287 e. The summed E-state index contributed by atoms with van der Waals surface area (Å²) in [6, 6.07) is 10.1. The smallest absolute Gasteiger partial charge is 0.287 e. The first-order valence-corrected chi connectivity index (χ1v) is 8.01. The molecule has 0 spiro atoms. The van der Waals surface area contributed by atoms with Crippen LogP contribution in [0.15, 0.2) is 41.3 Å². The summed E-state index contributed by atoms with van der Waals surface area (Å²) >= 11 is 11.5. The lowest BCUT2D eigenvalue weighted by atomic mass is 9.96. The van der Waals surface area contributed by atoms with E-state index in [1.807, 2.05) is 18.2 Å². The molecule has 1 aliphatic rings.